The van der Waals surface area contributed by atoms with Crippen molar-refractivity contribution >= 4 is 10.9 Å². The first kappa shape index (κ1) is 16.1. The van der Waals surface area contributed by atoms with E-state index in [0.717, 1.165) is 24.8 Å². The summed E-state index contributed by atoms with van der Waals surface area (Å²) >= 11 is 0. The zero-order valence-corrected chi connectivity index (χ0v) is 15.5. The van der Waals surface area contributed by atoms with E-state index in [0.29, 0.717) is 6.04 Å². The number of nitrogens with zero attached hydrogens (tertiary/aromatic N) is 4. The van der Waals surface area contributed by atoms with Gasteiger partial charge in [-0.05, 0) is 59.7 Å². The Hall–Kier alpha value is -2.08. The molecule has 6 heteroatoms. The van der Waals surface area contributed by atoms with Crippen molar-refractivity contribution in [2.75, 3.05) is 6.54 Å². The van der Waals surface area contributed by atoms with Crippen molar-refractivity contribution in [3.05, 3.63) is 35.5 Å². The van der Waals surface area contributed by atoms with Crippen LogP contribution in [0.15, 0.2) is 24.3 Å². The van der Waals surface area contributed by atoms with Gasteiger partial charge >= 0.3 is 0 Å². The van der Waals surface area contributed by atoms with Gasteiger partial charge in [0.25, 0.3) is 0 Å². The lowest BCUT2D eigenvalue weighted by molar-refractivity contribution is 0.152. The van der Waals surface area contributed by atoms with Crippen molar-refractivity contribution in [2.45, 2.75) is 51.1 Å². The molecule has 0 spiro atoms. The minimum absolute atomic E-state index is 0.451. The maximum atomic E-state index is 4.08. The summed E-state index contributed by atoms with van der Waals surface area (Å²) in [6.45, 7) is 2.04. The number of aryl methyl sites for hydroxylation is 3. The van der Waals surface area contributed by atoms with Gasteiger partial charge in [-0.3, -0.25) is 0 Å². The first-order chi connectivity index (χ1) is 12.8. The first-order valence-electron chi connectivity index (χ1n) is 10.0. The summed E-state index contributed by atoms with van der Waals surface area (Å²) in [5.41, 5.74) is 4.10. The van der Waals surface area contributed by atoms with Crippen LogP contribution in [0.1, 0.15) is 49.4 Å². The molecule has 6 nitrogen and oxygen atoms in total. The number of piperidine rings is 1. The normalized spacial score (nSPS) is 26.3. The Labute approximate surface area is 153 Å². The number of para-hydroxylation sites is 1. The molecular formula is C20H28N6. The lowest BCUT2D eigenvalue weighted by Crippen LogP contribution is -2.40. The number of H-pyrrole nitrogens is 1. The highest BCUT2D eigenvalue weighted by Crippen LogP contribution is 2.41. The van der Waals surface area contributed by atoms with E-state index in [1.165, 1.54) is 60.8 Å². The van der Waals surface area contributed by atoms with Gasteiger partial charge < -0.3 is 10.3 Å². The minimum Gasteiger partial charge on any atom is -0.357 e. The summed E-state index contributed by atoms with van der Waals surface area (Å²) in [6.07, 6.45) is 7.92. The number of hydrogen-bond donors (Lipinski definition) is 2. The van der Waals surface area contributed by atoms with Gasteiger partial charge in [0.1, 0.15) is 0 Å². The minimum atomic E-state index is 0.451. The van der Waals surface area contributed by atoms with Crippen LogP contribution in [0.3, 0.4) is 0 Å². The van der Waals surface area contributed by atoms with Gasteiger partial charge in [0.15, 0.2) is 0 Å². The van der Waals surface area contributed by atoms with Crippen molar-refractivity contribution in [3.63, 3.8) is 0 Å². The Balaban J connectivity index is 1.45. The molecule has 1 saturated carbocycles. The SMILES string of the molecule is Cn1nnn1CCc1c(C2CC3CCCCC3CN2)[nH]c2ccccc12. The van der Waals surface area contributed by atoms with E-state index in [1.54, 1.807) is 4.80 Å². The van der Waals surface area contributed by atoms with Crippen LogP contribution in [0.2, 0.25) is 0 Å². The van der Waals surface area contributed by atoms with Crippen molar-refractivity contribution in [1.29, 1.82) is 0 Å². The summed E-state index contributed by atoms with van der Waals surface area (Å²) in [5, 5.41) is 13.2. The maximum absolute atomic E-state index is 4.08. The zero-order chi connectivity index (χ0) is 17.5. The van der Waals surface area contributed by atoms with Crippen molar-refractivity contribution < 1.29 is 0 Å². The number of aromatic amines is 1. The molecule has 1 aliphatic carbocycles. The fourth-order valence-electron chi connectivity index (χ4n) is 5.13. The summed E-state index contributed by atoms with van der Waals surface area (Å²) in [4.78, 5) is 7.48. The third-order valence-corrected chi connectivity index (χ3v) is 6.60. The average Bonchev–Trinajstić information content (AvgIpc) is 3.05. The van der Waals surface area contributed by atoms with E-state index in [4.69, 9.17) is 0 Å². The molecule has 3 atom stereocenters. The number of aromatic nitrogens is 5. The molecule has 26 heavy (non-hydrogen) atoms. The quantitative estimate of drug-likeness (QED) is 0.758. The highest BCUT2D eigenvalue weighted by Gasteiger charge is 2.34. The highest BCUT2D eigenvalue weighted by atomic mass is 15.8. The number of nitrogens with one attached hydrogen (secondary N) is 2. The molecule has 2 N–H and O–H groups in total. The van der Waals surface area contributed by atoms with E-state index >= 15 is 0 Å². The maximum Gasteiger partial charge on any atom is 0.0662 e. The van der Waals surface area contributed by atoms with Gasteiger partial charge in [-0.1, -0.05) is 37.5 Å². The third-order valence-electron chi connectivity index (χ3n) is 6.60. The molecule has 0 amide bonds. The van der Waals surface area contributed by atoms with Crippen LogP contribution in [0.25, 0.3) is 10.9 Å². The molecule has 1 aromatic carbocycles. The zero-order valence-electron chi connectivity index (χ0n) is 15.5. The third kappa shape index (κ3) is 2.76. The molecular weight excluding hydrogens is 324 g/mol. The van der Waals surface area contributed by atoms with Crippen LogP contribution in [-0.2, 0) is 20.0 Å². The van der Waals surface area contributed by atoms with Crippen LogP contribution in [0.4, 0.5) is 0 Å². The summed E-state index contributed by atoms with van der Waals surface area (Å²) in [7, 11) is 1.94. The molecule has 5 rings (SSSR count). The fourth-order valence-corrected chi connectivity index (χ4v) is 5.13. The molecule has 1 saturated heterocycles. The highest BCUT2D eigenvalue weighted by molar-refractivity contribution is 5.84. The molecule has 0 bridgehead atoms. The van der Waals surface area contributed by atoms with Gasteiger partial charge in [-0.15, -0.1) is 0 Å². The van der Waals surface area contributed by atoms with E-state index in [2.05, 4.69) is 45.0 Å². The number of rotatable bonds is 4. The van der Waals surface area contributed by atoms with Crippen molar-refractivity contribution in [1.82, 2.24) is 30.3 Å². The van der Waals surface area contributed by atoms with Crippen LogP contribution in [0, 0.1) is 11.8 Å². The number of hydrogen-bond acceptors (Lipinski definition) is 3. The number of benzene rings is 1. The molecule has 3 unspecified atom stereocenters. The standard InChI is InChI=1S/C20H28N6/c1-25-23-24-26(25)11-10-17-16-8-4-5-9-18(16)22-20(17)19-12-14-6-2-3-7-15(14)13-21-19/h4-5,8-9,14-15,19,21-22H,2-3,6-7,10-13H2,1H3. The second-order valence-electron chi connectivity index (χ2n) is 8.08. The fraction of sp³-hybridized carbons (Fsp3) is 0.600. The Bertz CT molecular complexity index is 887. The molecule has 2 fully saturated rings. The van der Waals surface area contributed by atoms with E-state index < -0.39 is 0 Å². The van der Waals surface area contributed by atoms with E-state index in [-0.39, 0.29) is 0 Å². The Morgan fingerprint density at radius 2 is 1.96 bits per heavy atom. The topological polar surface area (TPSA) is 63.5 Å². The molecule has 3 heterocycles. The predicted octanol–water partition coefficient (Wildman–Crippen LogP) is 3.18. The largest absolute Gasteiger partial charge is 0.357 e. The van der Waals surface area contributed by atoms with Crippen LogP contribution >= 0.6 is 0 Å². The monoisotopic (exact) mass is 352 g/mol. The molecule has 2 aliphatic rings. The van der Waals surface area contributed by atoms with Gasteiger partial charge in [0.2, 0.25) is 0 Å². The number of fused-ring (bicyclic) bond motifs is 2. The van der Waals surface area contributed by atoms with Gasteiger partial charge in [-0.25, -0.2) is 0 Å². The first-order valence-corrected chi connectivity index (χ1v) is 10.0. The van der Waals surface area contributed by atoms with Crippen molar-refractivity contribution in [2.24, 2.45) is 18.9 Å². The lowest BCUT2D eigenvalue weighted by atomic mass is 9.73. The lowest BCUT2D eigenvalue weighted by Gasteiger charge is -2.40. The van der Waals surface area contributed by atoms with E-state index in [9.17, 15) is 0 Å². The second kappa shape index (κ2) is 6.58. The van der Waals surface area contributed by atoms with Crippen LogP contribution < -0.4 is 5.32 Å². The molecule has 3 aromatic rings. The molecule has 0 radical (unpaired) electrons. The van der Waals surface area contributed by atoms with Gasteiger partial charge in [-0.2, -0.15) is 9.59 Å². The van der Waals surface area contributed by atoms with Gasteiger partial charge in [0.05, 0.1) is 13.6 Å². The Morgan fingerprint density at radius 3 is 2.77 bits per heavy atom. The average molecular weight is 352 g/mol. The smallest absolute Gasteiger partial charge is 0.0662 e. The van der Waals surface area contributed by atoms with Gasteiger partial charge in [0, 0.05) is 22.6 Å². The Kier molecular flexibility index (Phi) is 4.08. The van der Waals surface area contributed by atoms with Crippen LogP contribution in [0.5, 0.6) is 0 Å². The van der Waals surface area contributed by atoms with Crippen molar-refractivity contribution in [3.8, 4) is 0 Å². The summed E-state index contributed by atoms with van der Waals surface area (Å²) in [6, 6.07) is 9.16. The summed E-state index contributed by atoms with van der Waals surface area (Å²) < 4.78 is 0. The van der Waals surface area contributed by atoms with E-state index in [1.807, 2.05) is 11.8 Å². The molecule has 1 aliphatic heterocycles. The predicted molar refractivity (Wildman–Crippen MR) is 102 cm³/mol. The van der Waals surface area contributed by atoms with Crippen LogP contribution in [-0.4, -0.2) is 31.5 Å². The second-order valence-corrected chi connectivity index (χ2v) is 8.08. The summed E-state index contributed by atoms with van der Waals surface area (Å²) in [5.74, 6) is 1.78. The Morgan fingerprint density at radius 1 is 1.12 bits per heavy atom. The molecule has 138 valence electrons. The molecule has 2 aromatic heterocycles.